The first-order valence-corrected chi connectivity index (χ1v) is 8.48. The summed E-state index contributed by atoms with van der Waals surface area (Å²) < 4.78 is 18.8. The fourth-order valence-electron chi connectivity index (χ4n) is 3.25. The molecule has 0 atom stereocenters. The van der Waals surface area contributed by atoms with Gasteiger partial charge in [-0.1, -0.05) is 0 Å². The van der Waals surface area contributed by atoms with E-state index < -0.39 is 0 Å². The first-order chi connectivity index (χ1) is 12.2. The molecule has 0 unspecified atom stereocenters. The van der Waals surface area contributed by atoms with Crippen LogP contribution in [0.2, 0.25) is 0 Å². The van der Waals surface area contributed by atoms with E-state index in [1.54, 1.807) is 12.1 Å². The molecular weight excluding hydrogens is 319 g/mol. The number of fused-ring (bicyclic) bond motifs is 1. The molecule has 4 rings (SSSR count). The highest BCUT2D eigenvalue weighted by Crippen LogP contribution is 2.21. The van der Waals surface area contributed by atoms with Crippen molar-refractivity contribution in [3.63, 3.8) is 0 Å². The number of ether oxygens (including phenoxy) is 1. The Hall–Kier alpha value is -2.82. The van der Waals surface area contributed by atoms with Crippen LogP contribution in [0.1, 0.15) is 23.2 Å². The Bertz CT molecular complexity index is 880. The van der Waals surface area contributed by atoms with Gasteiger partial charge in [0, 0.05) is 48.6 Å². The molecule has 1 aliphatic rings. The summed E-state index contributed by atoms with van der Waals surface area (Å²) in [5.41, 5.74) is 1.74. The van der Waals surface area contributed by atoms with Crippen molar-refractivity contribution in [2.24, 2.45) is 0 Å². The summed E-state index contributed by atoms with van der Waals surface area (Å²) in [5, 5.41) is 1.04. The van der Waals surface area contributed by atoms with Crippen molar-refractivity contribution in [1.29, 1.82) is 0 Å². The Morgan fingerprint density at radius 2 is 1.84 bits per heavy atom. The Balaban J connectivity index is 1.37. The first kappa shape index (κ1) is 15.7. The standard InChI is InChI=1S/C20H19FN2O2/c21-16-2-4-17(5-3-16)25-18-8-11-23(12-9-18)20(24)15-1-6-19-14(13-15)7-10-22-19/h1-7,10,13,18,22H,8-9,11-12H2. The van der Waals surface area contributed by atoms with Crippen LogP contribution in [0.3, 0.4) is 0 Å². The van der Waals surface area contributed by atoms with Crippen LogP contribution in [-0.2, 0) is 0 Å². The van der Waals surface area contributed by atoms with E-state index in [0.29, 0.717) is 24.4 Å². The number of piperidine rings is 1. The number of nitrogens with one attached hydrogen (secondary N) is 1. The molecule has 4 nitrogen and oxygen atoms in total. The molecule has 25 heavy (non-hydrogen) atoms. The molecule has 128 valence electrons. The number of amides is 1. The van der Waals surface area contributed by atoms with Gasteiger partial charge in [-0.2, -0.15) is 0 Å². The van der Waals surface area contributed by atoms with E-state index in [4.69, 9.17) is 4.74 Å². The molecule has 1 aliphatic heterocycles. The van der Waals surface area contributed by atoms with Crippen LogP contribution >= 0.6 is 0 Å². The predicted octanol–water partition coefficient (Wildman–Crippen LogP) is 3.99. The van der Waals surface area contributed by atoms with E-state index in [9.17, 15) is 9.18 Å². The number of likely N-dealkylation sites (tertiary alicyclic amines) is 1. The van der Waals surface area contributed by atoms with Gasteiger partial charge in [0.2, 0.25) is 0 Å². The van der Waals surface area contributed by atoms with Crippen molar-refractivity contribution < 1.29 is 13.9 Å². The van der Waals surface area contributed by atoms with Gasteiger partial charge in [-0.05, 0) is 48.5 Å². The number of aromatic amines is 1. The van der Waals surface area contributed by atoms with Crippen LogP contribution < -0.4 is 4.74 Å². The molecule has 1 fully saturated rings. The van der Waals surface area contributed by atoms with Gasteiger partial charge in [-0.25, -0.2) is 4.39 Å². The second-order valence-corrected chi connectivity index (χ2v) is 6.34. The number of hydrogen-bond acceptors (Lipinski definition) is 2. The minimum absolute atomic E-state index is 0.0571. The summed E-state index contributed by atoms with van der Waals surface area (Å²) in [6.45, 7) is 1.33. The highest BCUT2D eigenvalue weighted by Gasteiger charge is 2.24. The average Bonchev–Trinajstić information content (AvgIpc) is 3.11. The topological polar surface area (TPSA) is 45.3 Å². The van der Waals surface area contributed by atoms with Crippen molar-refractivity contribution in [2.75, 3.05) is 13.1 Å². The third-order valence-corrected chi connectivity index (χ3v) is 4.65. The Morgan fingerprint density at radius 3 is 2.60 bits per heavy atom. The van der Waals surface area contributed by atoms with E-state index in [-0.39, 0.29) is 17.8 Å². The van der Waals surface area contributed by atoms with Gasteiger partial charge in [-0.15, -0.1) is 0 Å². The van der Waals surface area contributed by atoms with Crippen molar-refractivity contribution in [2.45, 2.75) is 18.9 Å². The fourth-order valence-corrected chi connectivity index (χ4v) is 3.25. The SMILES string of the molecule is O=C(c1ccc2[nH]ccc2c1)N1CCC(Oc2ccc(F)cc2)CC1. The van der Waals surface area contributed by atoms with Gasteiger partial charge in [0.15, 0.2) is 0 Å². The van der Waals surface area contributed by atoms with E-state index >= 15 is 0 Å². The van der Waals surface area contributed by atoms with Crippen LogP contribution in [0.5, 0.6) is 5.75 Å². The summed E-state index contributed by atoms with van der Waals surface area (Å²) >= 11 is 0. The molecule has 1 amide bonds. The van der Waals surface area contributed by atoms with Crippen LogP contribution in [0.4, 0.5) is 4.39 Å². The third kappa shape index (κ3) is 3.36. The molecule has 0 aliphatic carbocycles. The Kier molecular flexibility index (Phi) is 4.14. The largest absolute Gasteiger partial charge is 0.490 e. The lowest BCUT2D eigenvalue weighted by Gasteiger charge is -2.32. The highest BCUT2D eigenvalue weighted by atomic mass is 19.1. The zero-order chi connectivity index (χ0) is 17.2. The van der Waals surface area contributed by atoms with Crippen LogP contribution in [-0.4, -0.2) is 35.0 Å². The molecule has 2 heterocycles. The number of halogens is 1. The van der Waals surface area contributed by atoms with Crippen LogP contribution in [0.25, 0.3) is 10.9 Å². The highest BCUT2D eigenvalue weighted by molar-refractivity contribution is 5.98. The quantitative estimate of drug-likeness (QED) is 0.785. The zero-order valence-corrected chi connectivity index (χ0v) is 13.7. The lowest BCUT2D eigenvalue weighted by atomic mass is 10.1. The monoisotopic (exact) mass is 338 g/mol. The predicted molar refractivity (Wildman–Crippen MR) is 94.3 cm³/mol. The molecule has 2 aromatic carbocycles. The minimum Gasteiger partial charge on any atom is -0.490 e. The smallest absolute Gasteiger partial charge is 0.253 e. The maximum atomic E-state index is 12.9. The summed E-state index contributed by atoms with van der Waals surface area (Å²) in [4.78, 5) is 17.7. The Morgan fingerprint density at radius 1 is 1.08 bits per heavy atom. The van der Waals surface area contributed by atoms with Crippen LogP contribution in [0, 0.1) is 5.82 Å². The van der Waals surface area contributed by atoms with Crippen LogP contribution in [0.15, 0.2) is 54.7 Å². The molecule has 0 saturated carbocycles. The van der Waals surface area contributed by atoms with E-state index in [1.165, 1.54) is 12.1 Å². The number of H-pyrrole nitrogens is 1. The zero-order valence-electron chi connectivity index (χ0n) is 13.7. The normalized spacial score (nSPS) is 15.5. The van der Waals surface area contributed by atoms with Gasteiger partial charge < -0.3 is 14.6 Å². The number of carbonyl (C=O) groups is 1. The number of hydrogen-bond donors (Lipinski definition) is 1. The molecule has 0 radical (unpaired) electrons. The van der Waals surface area contributed by atoms with Gasteiger partial charge in [-0.3, -0.25) is 4.79 Å². The number of nitrogens with zero attached hydrogens (tertiary/aromatic N) is 1. The van der Waals surface area contributed by atoms with E-state index in [0.717, 1.165) is 23.7 Å². The maximum absolute atomic E-state index is 12.9. The fraction of sp³-hybridized carbons (Fsp3) is 0.250. The maximum Gasteiger partial charge on any atom is 0.253 e. The molecule has 0 spiro atoms. The number of aromatic nitrogens is 1. The van der Waals surface area contributed by atoms with E-state index in [2.05, 4.69) is 4.98 Å². The van der Waals surface area contributed by atoms with Gasteiger partial charge in [0.05, 0.1) is 0 Å². The summed E-state index contributed by atoms with van der Waals surface area (Å²) in [5.74, 6) is 0.458. The second kappa shape index (κ2) is 6.59. The molecule has 1 aromatic heterocycles. The lowest BCUT2D eigenvalue weighted by Crippen LogP contribution is -2.41. The summed E-state index contributed by atoms with van der Waals surface area (Å²) in [7, 11) is 0. The molecule has 0 bridgehead atoms. The summed E-state index contributed by atoms with van der Waals surface area (Å²) in [6.07, 6.45) is 3.48. The number of rotatable bonds is 3. The average molecular weight is 338 g/mol. The number of benzene rings is 2. The third-order valence-electron chi connectivity index (χ3n) is 4.65. The Labute approximate surface area is 145 Å². The van der Waals surface area contributed by atoms with Gasteiger partial charge in [0.25, 0.3) is 5.91 Å². The van der Waals surface area contributed by atoms with Crippen molar-refractivity contribution in [3.05, 3.63) is 66.1 Å². The second-order valence-electron chi connectivity index (χ2n) is 6.34. The van der Waals surface area contributed by atoms with Gasteiger partial charge in [0.1, 0.15) is 17.7 Å². The first-order valence-electron chi connectivity index (χ1n) is 8.48. The molecule has 1 N–H and O–H groups in total. The number of carbonyl (C=O) groups excluding carboxylic acids is 1. The molecule has 5 heteroatoms. The molecular formula is C20H19FN2O2. The van der Waals surface area contributed by atoms with Crippen molar-refractivity contribution in [3.8, 4) is 5.75 Å². The summed E-state index contributed by atoms with van der Waals surface area (Å²) in [6, 6.07) is 13.8. The van der Waals surface area contributed by atoms with Gasteiger partial charge >= 0.3 is 0 Å². The van der Waals surface area contributed by atoms with Crippen molar-refractivity contribution in [1.82, 2.24) is 9.88 Å². The minimum atomic E-state index is -0.271. The lowest BCUT2D eigenvalue weighted by molar-refractivity contribution is 0.0595. The van der Waals surface area contributed by atoms with E-state index in [1.807, 2.05) is 35.4 Å². The molecule has 3 aromatic rings. The van der Waals surface area contributed by atoms with Crippen molar-refractivity contribution >= 4 is 16.8 Å². The molecule has 1 saturated heterocycles.